The Hall–Kier alpha value is -0.854. The molecule has 0 atom stereocenters. The minimum absolute atomic E-state index is 0. The van der Waals surface area contributed by atoms with Crippen molar-refractivity contribution >= 4 is 40.5 Å². The van der Waals surface area contributed by atoms with E-state index in [4.69, 9.17) is 23.2 Å². The predicted octanol–water partition coefficient (Wildman–Crippen LogP) is 3.34. The summed E-state index contributed by atoms with van der Waals surface area (Å²) < 4.78 is 0. The van der Waals surface area contributed by atoms with Crippen LogP contribution in [0, 0.1) is 0 Å². The average molecular weight is 426 g/mol. The molecule has 0 unspecified atom stereocenters. The van der Waals surface area contributed by atoms with Gasteiger partial charge in [-0.2, -0.15) is 0 Å². The van der Waals surface area contributed by atoms with Crippen LogP contribution in [0.5, 0.6) is 0 Å². The van der Waals surface area contributed by atoms with E-state index in [2.05, 4.69) is 5.32 Å². The Bertz CT molecular complexity index is 936. The first kappa shape index (κ1) is 22.4. The van der Waals surface area contributed by atoms with Crippen LogP contribution >= 0.6 is 23.2 Å². The molecule has 0 radical (unpaired) electrons. The standard InChI is InChI=1S/C21H17Cl2NO2.K.H/c22-18-12-9-15(13-19(18)23)6-5-14-7-10-16(11-8-14)24-20-4-2-1-3-17(20)21(25)26;;/h1-4,7-13,24H,5-6H2,(H,25,26);;/q;+1;-1. The van der Waals surface area contributed by atoms with Crippen LogP contribution in [0.3, 0.4) is 0 Å². The van der Waals surface area contributed by atoms with Crippen LogP contribution in [0.15, 0.2) is 66.7 Å². The fourth-order valence-electron chi connectivity index (χ4n) is 2.67. The van der Waals surface area contributed by atoms with Gasteiger partial charge < -0.3 is 11.8 Å². The maximum Gasteiger partial charge on any atom is 1.00 e. The van der Waals surface area contributed by atoms with Crippen LogP contribution in [0.4, 0.5) is 11.4 Å². The first-order valence-electron chi connectivity index (χ1n) is 8.15. The van der Waals surface area contributed by atoms with Crippen LogP contribution < -0.4 is 56.7 Å². The molecule has 0 aliphatic heterocycles. The smallest absolute Gasteiger partial charge is 1.00 e. The van der Waals surface area contributed by atoms with E-state index in [0.29, 0.717) is 15.7 Å². The molecule has 0 aliphatic carbocycles. The quantitative estimate of drug-likeness (QED) is 0.595. The van der Waals surface area contributed by atoms with Gasteiger partial charge in [-0.05, 0) is 60.4 Å². The van der Waals surface area contributed by atoms with E-state index in [1.54, 1.807) is 24.3 Å². The Morgan fingerprint density at radius 3 is 2.19 bits per heavy atom. The number of aromatic carboxylic acids is 1. The third kappa shape index (κ3) is 6.33. The maximum atomic E-state index is 11.3. The number of para-hydroxylation sites is 1. The second kappa shape index (κ2) is 10.6. The third-order valence-corrected chi connectivity index (χ3v) is 4.82. The van der Waals surface area contributed by atoms with Crippen molar-refractivity contribution in [1.29, 1.82) is 0 Å². The minimum Gasteiger partial charge on any atom is -1.00 e. The van der Waals surface area contributed by atoms with Crippen LogP contribution in [0.2, 0.25) is 10.0 Å². The summed E-state index contributed by atoms with van der Waals surface area (Å²) in [5, 5.41) is 13.5. The molecule has 3 rings (SSSR count). The molecule has 2 N–H and O–H groups in total. The number of carboxylic acids is 1. The zero-order valence-electron chi connectivity index (χ0n) is 15.9. The molecular weight excluding hydrogens is 408 g/mol. The van der Waals surface area contributed by atoms with Gasteiger partial charge in [0.1, 0.15) is 0 Å². The van der Waals surface area contributed by atoms with Crippen molar-refractivity contribution in [1.82, 2.24) is 0 Å². The number of benzene rings is 3. The van der Waals surface area contributed by atoms with Gasteiger partial charge in [0.2, 0.25) is 0 Å². The van der Waals surface area contributed by atoms with Gasteiger partial charge in [0.05, 0.1) is 21.3 Å². The minimum atomic E-state index is -0.952. The molecule has 3 aromatic carbocycles. The van der Waals surface area contributed by atoms with Gasteiger partial charge in [0, 0.05) is 5.69 Å². The second-order valence-corrected chi connectivity index (χ2v) is 6.74. The number of hydrogen-bond acceptors (Lipinski definition) is 2. The van der Waals surface area contributed by atoms with Crippen molar-refractivity contribution < 1.29 is 62.7 Å². The van der Waals surface area contributed by atoms with Gasteiger partial charge in [0.15, 0.2) is 0 Å². The molecule has 0 fully saturated rings. The fraction of sp³-hybridized carbons (Fsp3) is 0.0952. The number of rotatable bonds is 6. The molecule has 0 bridgehead atoms. The average Bonchev–Trinajstić information content (AvgIpc) is 2.64. The summed E-state index contributed by atoms with van der Waals surface area (Å²) in [7, 11) is 0. The van der Waals surface area contributed by atoms with Crippen molar-refractivity contribution in [3.8, 4) is 0 Å². The summed E-state index contributed by atoms with van der Waals surface area (Å²) in [5.41, 5.74) is 3.99. The largest absolute Gasteiger partial charge is 1.00 e. The normalized spacial score (nSPS) is 10.1. The van der Waals surface area contributed by atoms with Crippen LogP contribution in [-0.4, -0.2) is 11.1 Å². The van der Waals surface area contributed by atoms with Crippen molar-refractivity contribution in [2.24, 2.45) is 0 Å². The van der Waals surface area contributed by atoms with E-state index in [9.17, 15) is 9.90 Å². The number of halogens is 2. The van der Waals surface area contributed by atoms with Gasteiger partial charge in [-0.25, -0.2) is 4.79 Å². The van der Waals surface area contributed by atoms with Crippen molar-refractivity contribution in [2.75, 3.05) is 5.32 Å². The number of anilines is 2. The number of hydrogen-bond donors (Lipinski definition) is 2. The first-order valence-corrected chi connectivity index (χ1v) is 8.91. The van der Waals surface area contributed by atoms with Crippen molar-refractivity contribution in [3.63, 3.8) is 0 Å². The van der Waals surface area contributed by atoms with E-state index in [-0.39, 0.29) is 58.4 Å². The Kier molecular flexibility index (Phi) is 8.83. The molecular formula is C21H18Cl2KNO2. The first-order chi connectivity index (χ1) is 12.5. The van der Waals surface area contributed by atoms with Crippen LogP contribution in [0.1, 0.15) is 22.9 Å². The Morgan fingerprint density at radius 2 is 1.52 bits per heavy atom. The molecule has 3 aromatic rings. The van der Waals surface area contributed by atoms with E-state index < -0.39 is 5.97 Å². The Labute approximate surface area is 212 Å². The molecule has 6 heteroatoms. The van der Waals surface area contributed by atoms with Crippen molar-refractivity contribution in [3.05, 3.63) is 93.5 Å². The molecule has 0 aromatic heterocycles. The van der Waals surface area contributed by atoms with E-state index in [1.807, 2.05) is 42.5 Å². The van der Waals surface area contributed by atoms with E-state index in [1.165, 1.54) is 5.56 Å². The number of carbonyl (C=O) groups is 1. The molecule has 0 saturated heterocycles. The summed E-state index contributed by atoms with van der Waals surface area (Å²) in [5.74, 6) is -0.952. The van der Waals surface area contributed by atoms with Gasteiger partial charge in [-0.15, -0.1) is 0 Å². The topological polar surface area (TPSA) is 49.3 Å². The fourth-order valence-corrected chi connectivity index (χ4v) is 2.99. The molecule has 0 spiro atoms. The molecule has 0 aliphatic rings. The van der Waals surface area contributed by atoms with Gasteiger partial charge >= 0.3 is 57.4 Å². The molecule has 134 valence electrons. The Morgan fingerprint density at radius 1 is 0.889 bits per heavy atom. The molecule has 0 amide bonds. The van der Waals surface area contributed by atoms with Gasteiger partial charge in [-0.3, -0.25) is 0 Å². The Balaban J connectivity index is 0.00000196. The third-order valence-electron chi connectivity index (χ3n) is 4.08. The van der Waals surface area contributed by atoms with Crippen molar-refractivity contribution in [2.45, 2.75) is 12.8 Å². The number of carboxylic acid groups (broad SMARTS) is 1. The maximum absolute atomic E-state index is 11.3. The number of aryl methyl sites for hydroxylation is 2. The monoisotopic (exact) mass is 425 g/mol. The predicted molar refractivity (Wildman–Crippen MR) is 108 cm³/mol. The second-order valence-electron chi connectivity index (χ2n) is 5.92. The zero-order chi connectivity index (χ0) is 18.5. The van der Waals surface area contributed by atoms with Gasteiger partial charge in [-0.1, -0.05) is 53.5 Å². The summed E-state index contributed by atoms with van der Waals surface area (Å²) in [6.45, 7) is 0. The van der Waals surface area contributed by atoms with Gasteiger partial charge in [0.25, 0.3) is 0 Å². The summed E-state index contributed by atoms with van der Waals surface area (Å²) in [4.78, 5) is 11.3. The number of nitrogens with one attached hydrogen (secondary N) is 1. The van der Waals surface area contributed by atoms with E-state index in [0.717, 1.165) is 24.1 Å². The van der Waals surface area contributed by atoms with Crippen LogP contribution in [0.25, 0.3) is 0 Å². The molecule has 27 heavy (non-hydrogen) atoms. The molecule has 0 heterocycles. The zero-order valence-corrected chi connectivity index (χ0v) is 19.5. The van der Waals surface area contributed by atoms with E-state index >= 15 is 0 Å². The van der Waals surface area contributed by atoms with Crippen LogP contribution in [-0.2, 0) is 12.8 Å². The molecule has 0 saturated carbocycles. The summed E-state index contributed by atoms with van der Waals surface area (Å²) >= 11 is 12.0. The SMILES string of the molecule is O=C(O)c1ccccc1Nc1ccc(CCc2ccc(Cl)c(Cl)c2)cc1.[H-].[K+]. The molecule has 3 nitrogen and oxygen atoms in total. The summed E-state index contributed by atoms with van der Waals surface area (Å²) in [6, 6.07) is 20.5. The summed E-state index contributed by atoms with van der Waals surface area (Å²) in [6.07, 6.45) is 1.75.